The van der Waals surface area contributed by atoms with Crippen molar-refractivity contribution in [3.63, 3.8) is 0 Å². The van der Waals surface area contributed by atoms with Crippen molar-refractivity contribution in [2.24, 2.45) is 11.1 Å². The predicted molar refractivity (Wildman–Crippen MR) is 57.0 cm³/mol. The Morgan fingerprint density at radius 1 is 1.40 bits per heavy atom. The standard InChI is InChI=1S/C10H19N3O2/c1-6(12-3)9(15)13-7(8(11)14)10(2)4-5-10/h6-7,12H,4-5H2,1-3H3,(H2,11,14)(H,13,15)/t6-,7+/m0/s1. The first-order valence-corrected chi connectivity index (χ1v) is 5.17. The molecule has 1 aliphatic rings. The maximum absolute atomic E-state index is 11.6. The Morgan fingerprint density at radius 2 is 1.93 bits per heavy atom. The fourth-order valence-electron chi connectivity index (χ4n) is 1.47. The van der Waals surface area contributed by atoms with E-state index >= 15 is 0 Å². The van der Waals surface area contributed by atoms with E-state index in [1.807, 2.05) is 6.92 Å². The van der Waals surface area contributed by atoms with Crippen LogP contribution in [-0.2, 0) is 9.59 Å². The summed E-state index contributed by atoms with van der Waals surface area (Å²) in [5, 5.41) is 5.51. The molecule has 1 fully saturated rings. The van der Waals surface area contributed by atoms with Crippen LogP contribution in [0.1, 0.15) is 26.7 Å². The molecule has 0 aromatic heterocycles. The number of carbonyl (C=O) groups is 2. The summed E-state index contributed by atoms with van der Waals surface area (Å²) >= 11 is 0. The average Bonchev–Trinajstić information content (AvgIpc) is 2.91. The van der Waals surface area contributed by atoms with Crippen LogP contribution in [0.4, 0.5) is 0 Å². The Balaban J connectivity index is 2.60. The Hall–Kier alpha value is -1.10. The van der Waals surface area contributed by atoms with E-state index in [0.29, 0.717) is 0 Å². The Morgan fingerprint density at radius 3 is 2.27 bits per heavy atom. The number of amides is 2. The Kier molecular flexibility index (Phi) is 3.34. The van der Waals surface area contributed by atoms with E-state index in [2.05, 4.69) is 10.6 Å². The molecular weight excluding hydrogens is 194 g/mol. The van der Waals surface area contributed by atoms with Gasteiger partial charge in [0.25, 0.3) is 0 Å². The summed E-state index contributed by atoms with van der Waals surface area (Å²) in [5.74, 6) is -0.638. The van der Waals surface area contributed by atoms with Gasteiger partial charge in [0.15, 0.2) is 0 Å². The maximum Gasteiger partial charge on any atom is 0.240 e. The molecule has 0 bridgehead atoms. The topological polar surface area (TPSA) is 84.2 Å². The highest BCUT2D eigenvalue weighted by Crippen LogP contribution is 2.48. The van der Waals surface area contributed by atoms with E-state index in [0.717, 1.165) is 12.8 Å². The molecule has 1 aliphatic carbocycles. The van der Waals surface area contributed by atoms with Crippen LogP contribution in [0.2, 0.25) is 0 Å². The summed E-state index contributed by atoms with van der Waals surface area (Å²) in [6, 6.07) is -0.852. The van der Waals surface area contributed by atoms with E-state index in [1.165, 1.54) is 0 Å². The molecule has 1 rings (SSSR count). The number of hydrogen-bond acceptors (Lipinski definition) is 3. The van der Waals surface area contributed by atoms with Crippen LogP contribution in [0.15, 0.2) is 0 Å². The van der Waals surface area contributed by atoms with Crippen molar-refractivity contribution in [3.05, 3.63) is 0 Å². The number of carbonyl (C=O) groups excluding carboxylic acids is 2. The molecule has 0 heterocycles. The highest BCUT2D eigenvalue weighted by molar-refractivity contribution is 5.89. The molecule has 0 aromatic rings. The van der Waals surface area contributed by atoms with E-state index < -0.39 is 11.9 Å². The number of nitrogens with one attached hydrogen (secondary N) is 2. The van der Waals surface area contributed by atoms with Gasteiger partial charge in [-0.05, 0) is 32.2 Å². The molecule has 0 aromatic carbocycles. The lowest BCUT2D eigenvalue weighted by Gasteiger charge is -2.23. The van der Waals surface area contributed by atoms with Crippen LogP contribution >= 0.6 is 0 Å². The second-order valence-corrected chi connectivity index (χ2v) is 4.51. The first-order chi connectivity index (χ1) is 6.90. The molecule has 15 heavy (non-hydrogen) atoms. The lowest BCUT2D eigenvalue weighted by molar-refractivity contribution is -0.129. The Bertz CT molecular complexity index is 274. The van der Waals surface area contributed by atoms with Crippen molar-refractivity contribution in [2.45, 2.75) is 38.8 Å². The second-order valence-electron chi connectivity index (χ2n) is 4.51. The van der Waals surface area contributed by atoms with Gasteiger partial charge in [0.05, 0.1) is 6.04 Å². The van der Waals surface area contributed by atoms with Crippen molar-refractivity contribution >= 4 is 11.8 Å². The number of hydrogen-bond donors (Lipinski definition) is 3. The van der Waals surface area contributed by atoms with Crippen LogP contribution in [0.5, 0.6) is 0 Å². The first-order valence-electron chi connectivity index (χ1n) is 5.17. The molecule has 2 amide bonds. The van der Waals surface area contributed by atoms with Gasteiger partial charge in [-0.25, -0.2) is 0 Å². The highest BCUT2D eigenvalue weighted by atomic mass is 16.2. The van der Waals surface area contributed by atoms with E-state index in [9.17, 15) is 9.59 Å². The number of nitrogens with two attached hydrogens (primary N) is 1. The first kappa shape index (κ1) is 12.0. The SMILES string of the molecule is CN[C@@H](C)C(=O)N[C@H](C(N)=O)C1(C)CC1. The molecule has 2 atom stereocenters. The van der Waals surface area contributed by atoms with Crippen LogP contribution in [0.3, 0.4) is 0 Å². The minimum absolute atomic E-state index is 0.130. The second kappa shape index (κ2) is 4.18. The minimum atomic E-state index is -0.541. The van der Waals surface area contributed by atoms with Gasteiger partial charge in [-0.3, -0.25) is 9.59 Å². The van der Waals surface area contributed by atoms with Gasteiger partial charge in [-0.15, -0.1) is 0 Å². The van der Waals surface area contributed by atoms with E-state index in [1.54, 1.807) is 14.0 Å². The molecule has 0 aliphatic heterocycles. The van der Waals surface area contributed by atoms with Crippen molar-refractivity contribution in [3.8, 4) is 0 Å². The highest BCUT2D eigenvalue weighted by Gasteiger charge is 2.48. The fraction of sp³-hybridized carbons (Fsp3) is 0.800. The van der Waals surface area contributed by atoms with Crippen LogP contribution in [0.25, 0.3) is 0 Å². The third-order valence-corrected chi connectivity index (χ3v) is 3.13. The number of likely N-dealkylation sites (N-methyl/N-ethyl adjacent to an activating group) is 1. The molecule has 0 spiro atoms. The summed E-state index contributed by atoms with van der Waals surface area (Å²) in [5.41, 5.74) is 5.15. The zero-order valence-corrected chi connectivity index (χ0v) is 9.46. The normalized spacial score (nSPS) is 21.5. The Labute approximate surface area is 89.8 Å². The quantitative estimate of drug-likeness (QED) is 0.568. The summed E-state index contributed by atoms with van der Waals surface area (Å²) in [4.78, 5) is 22.8. The van der Waals surface area contributed by atoms with Crippen LogP contribution < -0.4 is 16.4 Å². The molecule has 5 nitrogen and oxygen atoms in total. The molecule has 1 saturated carbocycles. The van der Waals surface area contributed by atoms with Gasteiger partial charge in [0, 0.05) is 0 Å². The molecule has 5 heteroatoms. The molecule has 0 saturated heterocycles. The summed E-state index contributed by atoms with van der Waals surface area (Å²) in [7, 11) is 1.70. The monoisotopic (exact) mass is 213 g/mol. The summed E-state index contributed by atoms with van der Waals surface area (Å²) in [6.45, 7) is 3.70. The zero-order chi connectivity index (χ0) is 11.6. The van der Waals surface area contributed by atoms with Gasteiger partial charge < -0.3 is 16.4 Å². The van der Waals surface area contributed by atoms with Crippen molar-refractivity contribution in [1.29, 1.82) is 0 Å². The van der Waals surface area contributed by atoms with E-state index in [-0.39, 0.29) is 17.4 Å². The zero-order valence-electron chi connectivity index (χ0n) is 9.46. The van der Waals surface area contributed by atoms with Gasteiger partial charge in [-0.2, -0.15) is 0 Å². The van der Waals surface area contributed by atoms with Gasteiger partial charge in [0.1, 0.15) is 6.04 Å². The summed E-state index contributed by atoms with van der Waals surface area (Å²) < 4.78 is 0. The summed E-state index contributed by atoms with van der Waals surface area (Å²) in [6.07, 6.45) is 1.88. The van der Waals surface area contributed by atoms with Crippen molar-refractivity contribution in [2.75, 3.05) is 7.05 Å². The molecule has 0 radical (unpaired) electrons. The number of rotatable bonds is 5. The smallest absolute Gasteiger partial charge is 0.240 e. The van der Waals surface area contributed by atoms with Crippen LogP contribution in [-0.4, -0.2) is 30.9 Å². The van der Waals surface area contributed by atoms with E-state index in [4.69, 9.17) is 5.73 Å². The molecule has 0 unspecified atom stereocenters. The lowest BCUT2D eigenvalue weighted by Crippen LogP contribution is -2.53. The van der Waals surface area contributed by atoms with Crippen LogP contribution in [0, 0.1) is 5.41 Å². The lowest BCUT2D eigenvalue weighted by atomic mass is 9.98. The van der Waals surface area contributed by atoms with Crippen molar-refractivity contribution < 1.29 is 9.59 Å². The third-order valence-electron chi connectivity index (χ3n) is 3.13. The third kappa shape index (κ3) is 2.68. The average molecular weight is 213 g/mol. The maximum atomic E-state index is 11.6. The van der Waals surface area contributed by atoms with Gasteiger partial charge in [-0.1, -0.05) is 6.92 Å². The fourth-order valence-corrected chi connectivity index (χ4v) is 1.47. The molecule has 4 N–H and O–H groups in total. The number of primary amides is 1. The van der Waals surface area contributed by atoms with Gasteiger partial charge in [0.2, 0.25) is 11.8 Å². The molecular formula is C10H19N3O2. The minimum Gasteiger partial charge on any atom is -0.368 e. The largest absolute Gasteiger partial charge is 0.368 e. The van der Waals surface area contributed by atoms with Crippen molar-refractivity contribution in [1.82, 2.24) is 10.6 Å². The predicted octanol–water partition coefficient (Wildman–Crippen LogP) is -0.635. The van der Waals surface area contributed by atoms with Gasteiger partial charge >= 0.3 is 0 Å². The molecule has 86 valence electrons.